The monoisotopic (exact) mass is 309 g/mol. The molecule has 0 spiro atoms. The summed E-state index contributed by atoms with van der Waals surface area (Å²) in [5.74, 6) is -0.164. The van der Waals surface area contributed by atoms with Gasteiger partial charge in [-0.1, -0.05) is 0 Å². The van der Waals surface area contributed by atoms with Gasteiger partial charge < -0.3 is 14.6 Å². The van der Waals surface area contributed by atoms with Crippen LogP contribution in [0.1, 0.15) is 15.2 Å². The maximum atomic E-state index is 10.8. The Bertz CT molecular complexity index is 681. The number of thiophene rings is 1. The average Bonchev–Trinajstić information content (AvgIpc) is 2.93. The molecular formula is C13H11NO6S. The van der Waals surface area contributed by atoms with Gasteiger partial charge in [-0.2, -0.15) is 0 Å². The van der Waals surface area contributed by atoms with Crippen molar-refractivity contribution in [2.24, 2.45) is 0 Å². The van der Waals surface area contributed by atoms with Gasteiger partial charge in [-0.3, -0.25) is 10.1 Å². The number of non-ortho nitro benzene ring substituents is 1. The molecule has 0 aliphatic carbocycles. The first-order valence-electron chi connectivity index (χ1n) is 5.77. The largest absolute Gasteiger partial charge is 0.496 e. The van der Waals surface area contributed by atoms with Crippen molar-refractivity contribution in [3.63, 3.8) is 0 Å². The second-order valence-corrected chi connectivity index (χ2v) is 4.90. The molecule has 0 atom stereocenters. The molecule has 0 bridgehead atoms. The summed E-state index contributed by atoms with van der Waals surface area (Å²) in [5.41, 5.74) is 0.445. The van der Waals surface area contributed by atoms with E-state index in [9.17, 15) is 14.9 Å². The molecule has 0 unspecified atom stereocenters. The van der Waals surface area contributed by atoms with Crippen molar-refractivity contribution < 1.29 is 24.3 Å². The highest BCUT2D eigenvalue weighted by atomic mass is 32.1. The van der Waals surface area contributed by atoms with Gasteiger partial charge in [0.05, 0.1) is 12.0 Å². The van der Waals surface area contributed by atoms with Crippen LogP contribution in [-0.2, 0) is 6.61 Å². The molecule has 1 N–H and O–H groups in total. The van der Waals surface area contributed by atoms with E-state index in [0.717, 1.165) is 11.3 Å². The van der Waals surface area contributed by atoms with Gasteiger partial charge in [-0.15, -0.1) is 11.3 Å². The van der Waals surface area contributed by atoms with E-state index in [2.05, 4.69) is 0 Å². The summed E-state index contributed by atoms with van der Waals surface area (Å²) in [6.45, 7) is 0.0423. The van der Waals surface area contributed by atoms with Gasteiger partial charge in [-0.05, 0) is 6.07 Å². The number of ether oxygens (including phenoxy) is 2. The van der Waals surface area contributed by atoms with E-state index in [4.69, 9.17) is 14.6 Å². The Morgan fingerprint density at radius 1 is 1.43 bits per heavy atom. The molecular weight excluding hydrogens is 298 g/mol. The molecule has 0 aliphatic rings. The minimum atomic E-state index is -1.03. The lowest BCUT2D eigenvalue weighted by Gasteiger charge is -2.09. The van der Waals surface area contributed by atoms with Crippen LogP contribution in [-0.4, -0.2) is 23.1 Å². The van der Waals surface area contributed by atoms with Crippen molar-refractivity contribution in [1.82, 2.24) is 0 Å². The molecule has 0 fully saturated rings. The summed E-state index contributed by atoms with van der Waals surface area (Å²) in [7, 11) is 1.46. The number of rotatable bonds is 6. The highest BCUT2D eigenvalue weighted by Crippen LogP contribution is 2.27. The van der Waals surface area contributed by atoms with Gasteiger partial charge in [0.2, 0.25) is 0 Å². The predicted molar refractivity (Wildman–Crippen MR) is 75.3 cm³/mol. The maximum absolute atomic E-state index is 10.8. The van der Waals surface area contributed by atoms with Crippen LogP contribution in [0.15, 0.2) is 29.6 Å². The van der Waals surface area contributed by atoms with Gasteiger partial charge >= 0.3 is 5.97 Å². The Balaban J connectivity index is 2.15. The standard InChI is InChI=1S/C13H11NO6S/c1-19-11-3-2-9(14(17)18)4-8(11)6-20-10-5-12(13(15)16)21-7-10/h2-5,7H,6H2,1H3,(H,15,16). The van der Waals surface area contributed by atoms with Gasteiger partial charge in [0, 0.05) is 29.1 Å². The topological polar surface area (TPSA) is 98.9 Å². The van der Waals surface area contributed by atoms with Crippen LogP contribution in [0.2, 0.25) is 0 Å². The summed E-state index contributed by atoms with van der Waals surface area (Å²) in [6, 6.07) is 5.60. The molecule has 2 rings (SSSR count). The van der Waals surface area contributed by atoms with Crippen LogP contribution < -0.4 is 9.47 Å². The zero-order chi connectivity index (χ0) is 15.4. The van der Waals surface area contributed by atoms with E-state index in [1.165, 1.54) is 31.4 Å². The fourth-order valence-electron chi connectivity index (χ4n) is 1.66. The molecule has 21 heavy (non-hydrogen) atoms. The van der Waals surface area contributed by atoms with Crippen molar-refractivity contribution in [3.8, 4) is 11.5 Å². The summed E-state index contributed by atoms with van der Waals surface area (Å²) in [6.07, 6.45) is 0. The van der Waals surface area contributed by atoms with Gasteiger partial charge in [0.15, 0.2) is 0 Å². The molecule has 0 saturated carbocycles. The molecule has 0 aliphatic heterocycles. The molecule has 110 valence electrons. The number of hydrogen-bond donors (Lipinski definition) is 1. The molecule has 0 saturated heterocycles. The number of nitro groups is 1. The predicted octanol–water partition coefficient (Wildman–Crippen LogP) is 2.94. The van der Waals surface area contributed by atoms with Crippen LogP contribution in [0, 0.1) is 10.1 Å². The fraction of sp³-hybridized carbons (Fsp3) is 0.154. The van der Waals surface area contributed by atoms with Gasteiger partial charge in [0.25, 0.3) is 5.69 Å². The molecule has 1 aromatic heterocycles. The van der Waals surface area contributed by atoms with Crippen LogP contribution in [0.3, 0.4) is 0 Å². The van der Waals surface area contributed by atoms with Crippen LogP contribution >= 0.6 is 11.3 Å². The molecule has 1 heterocycles. The molecule has 8 heteroatoms. The second kappa shape index (κ2) is 6.23. The molecule has 0 amide bonds. The van der Waals surface area contributed by atoms with Crippen LogP contribution in [0.5, 0.6) is 11.5 Å². The summed E-state index contributed by atoms with van der Waals surface area (Å²) >= 11 is 1.05. The third kappa shape index (κ3) is 3.48. The van der Waals surface area contributed by atoms with E-state index < -0.39 is 10.9 Å². The lowest BCUT2D eigenvalue weighted by Crippen LogP contribution is -2.00. The Morgan fingerprint density at radius 2 is 2.19 bits per heavy atom. The van der Waals surface area contributed by atoms with Crippen molar-refractivity contribution >= 4 is 23.0 Å². The van der Waals surface area contributed by atoms with Crippen molar-refractivity contribution in [3.05, 3.63) is 50.2 Å². The highest BCUT2D eigenvalue weighted by Gasteiger charge is 2.13. The third-order valence-electron chi connectivity index (χ3n) is 2.66. The Hall–Kier alpha value is -2.61. The number of nitro benzene ring substituents is 1. The van der Waals surface area contributed by atoms with Crippen molar-refractivity contribution in [2.75, 3.05) is 7.11 Å². The first-order chi connectivity index (χ1) is 10.0. The lowest BCUT2D eigenvalue weighted by molar-refractivity contribution is -0.385. The fourth-order valence-corrected chi connectivity index (χ4v) is 2.32. The number of hydrogen-bond acceptors (Lipinski definition) is 6. The third-order valence-corrected chi connectivity index (χ3v) is 3.55. The summed E-state index contributed by atoms with van der Waals surface area (Å²) in [4.78, 5) is 21.2. The lowest BCUT2D eigenvalue weighted by atomic mass is 10.2. The smallest absolute Gasteiger partial charge is 0.346 e. The molecule has 1 aromatic carbocycles. The quantitative estimate of drug-likeness (QED) is 0.650. The zero-order valence-corrected chi connectivity index (χ0v) is 11.8. The van der Waals surface area contributed by atoms with E-state index in [-0.39, 0.29) is 17.2 Å². The van der Waals surface area contributed by atoms with Crippen molar-refractivity contribution in [1.29, 1.82) is 0 Å². The van der Waals surface area contributed by atoms with Gasteiger partial charge in [-0.25, -0.2) is 4.79 Å². The number of nitrogens with zero attached hydrogens (tertiary/aromatic N) is 1. The Labute approximate surface area is 123 Å². The minimum Gasteiger partial charge on any atom is -0.496 e. The van der Waals surface area contributed by atoms with Crippen LogP contribution in [0.25, 0.3) is 0 Å². The van der Waals surface area contributed by atoms with E-state index in [0.29, 0.717) is 17.1 Å². The molecule has 2 aromatic rings. The maximum Gasteiger partial charge on any atom is 0.346 e. The SMILES string of the molecule is COc1ccc([N+](=O)[O-])cc1COc1csc(C(=O)O)c1. The van der Waals surface area contributed by atoms with Gasteiger partial charge in [0.1, 0.15) is 23.0 Å². The summed E-state index contributed by atoms with van der Waals surface area (Å²) in [5, 5.41) is 21.2. The first-order valence-corrected chi connectivity index (χ1v) is 6.65. The highest BCUT2D eigenvalue weighted by molar-refractivity contribution is 7.12. The second-order valence-electron chi connectivity index (χ2n) is 3.99. The van der Waals surface area contributed by atoms with E-state index in [1.807, 2.05) is 0 Å². The number of carboxylic acids is 1. The minimum absolute atomic E-state index is 0.0423. The van der Waals surface area contributed by atoms with E-state index >= 15 is 0 Å². The summed E-state index contributed by atoms with van der Waals surface area (Å²) < 4.78 is 10.6. The number of aromatic carboxylic acids is 1. The Kier molecular flexibility index (Phi) is 4.39. The first kappa shape index (κ1) is 14.8. The normalized spacial score (nSPS) is 10.1. The van der Waals surface area contributed by atoms with Crippen LogP contribution in [0.4, 0.5) is 5.69 Å². The number of benzene rings is 1. The average molecular weight is 309 g/mol. The number of carboxylic acid groups (broad SMARTS) is 1. The van der Waals surface area contributed by atoms with Crippen molar-refractivity contribution in [2.45, 2.75) is 6.61 Å². The number of methoxy groups -OCH3 is 1. The van der Waals surface area contributed by atoms with E-state index in [1.54, 1.807) is 5.38 Å². The number of carbonyl (C=O) groups is 1. The molecule has 7 nitrogen and oxygen atoms in total. The molecule has 0 radical (unpaired) electrons. The zero-order valence-electron chi connectivity index (χ0n) is 10.9. The Morgan fingerprint density at radius 3 is 2.76 bits per heavy atom.